The van der Waals surface area contributed by atoms with Crippen molar-refractivity contribution >= 4 is 0 Å². The van der Waals surface area contributed by atoms with Crippen LogP contribution >= 0.6 is 0 Å². The van der Waals surface area contributed by atoms with Crippen molar-refractivity contribution in [2.24, 2.45) is 5.73 Å². The van der Waals surface area contributed by atoms with Crippen LogP contribution < -0.4 is 5.73 Å². The Morgan fingerprint density at radius 1 is 1.24 bits per heavy atom. The third-order valence-corrected chi connectivity index (χ3v) is 2.91. The van der Waals surface area contributed by atoms with E-state index in [1.165, 1.54) is 5.56 Å². The SMILES string of the molecule is CCc1c(C)nn(-c2ncc(CN)cn2)c1C. The smallest absolute Gasteiger partial charge is 0.250 e. The van der Waals surface area contributed by atoms with Crippen LogP contribution in [0.5, 0.6) is 0 Å². The van der Waals surface area contributed by atoms with Gasteiger partial charge in [0.05, 0.1) is 5.69 Å². The van der Waals surface area contributed by atoms with Crippen LogP contribution in [0.3, 0.4) is 0 Å². The van der Waals surface area contributed by atoms with E-state index in [2.05, 4.69) is 22.0 Å². The lowest BCUT2D eigenvalue weighted by molar-refractivity contribution is 0.768. The number of hydrogen-bond acceptors (Lipinski definition) is 4. The van der Waals surface area contributed by atoms with Gasteiger partial charge in [-0.3, -0.25) is 0 Å². The monoisotopic (exact) mass is 231 g/mol. The fourth-order valence-corrected chi connectivity index (χ4v) is 1.94. The Morgan fingerprint density at radius 3 is 2.35 bits per heavy atom. The number of aryl methyl sites for hydroxylation is 1. The molecule has 0 radical (unpaired) electrons. The van der Waals surface area contributed by atoms with Crippen LogP contribution in [0.2, 0.25) is 0 Å². The van der Waals surface area contributed by atoms with Gasteiger partial charge in [0, 0.05) is 30.2 Å². The number of nitrogens with two attached hydrogens (primary N) is 1. The van der Waals surface area contributed by atoms with E-state index in [4.69, 9.17) is 5.73 Å². The van der Waals surface area contributed by atoms with Crippen LogP contribution in [0.1, 0.15) is 29.4 Å². The van der Waals surface area contributed by atoms with Gasteiger partial charge in [0.25, 0.3) is 5.95 Å². The van der Waals surface area contributed by atoms with E-state index in [1.807, 2.05) is 13.8 Å². The van der Waals surface area contributed by atoms with Crippen LogP contribution in [-0.2, 0) is 13.0 Å². The van der Waals surface area contributed by atoms with Crippen molar-refractivity contribution in [3.63, 3.8) is 0 Å². The summed E-state index contributed by atoms with van der Waals surface area (Å²) in [4.78, 5) is 8.56. The maximum absolute atomic E-state index is 5.52. The molecule has 90 valence electrons. The Morgan fingerprint density at radius 2 is 1.88 bits per heavy atom. The Kier molecular flexibility index (Phi) is 3.19. The molecule has 2 aromatic rings. The zero-order valence-electron chi connectivity index (χ0n) is 10.4. The molecule has 0 aliphatic rings. The van der Waals surface area contributed by atoms with E-state index in [-0.39, 0.29) is 0 Å². The summed E-state index contributed by atoms with van der Waals surface area (Å²) in [6, 6.07) is 0. The van der Waals surface area contributed by atoms with Crippen molar-refractivity contribution in [2.45, 2.75) is 33.7 Å². The zero-order valence-corrected chi connectivity index (χ0v) is 10.4. The number of aromatic nitrogens is 4. The third-order valence-electron chi connectivity index (χ3n) is 2.91. The van der Waals surface area contributed by atoms with E-state index in [9.17, 15) is 0 Å². The van der Waals surface area contributed by atoms with Gasteiger partial charge in [-0.25, -0.2) is 14.6 Å². The second kappa shape index (κ2) is 4.63. The summed E-state index contributed by atoms with van der Waals surface area (Å²) in [5, 5.41) is 4.47. The highest BCUT2D eigenvalue weighted by atomic mass is 15.4. The molecule has 0 atom stereocenters. The number of nitrogens with zero attached hydrogens (tertiary/aromatic N) is 4. The van der Waals surface area contributed by atoms with E-state index in [0.29, 0.717) is 12.5 Å². The van der Waals surface area contributed by atoms with Crippen molar-refractivity contribution in [1.82, 2.24) is 19.7 Å². The maximum Gasteiger partial charge on any atom is 0.250 e. The summed E-state index contributed by atoms with van der Waals surface area (Å²) >= 11 is 0. The highest BCUT2D eigenvalue weighted by molar-refractivity contribution is 5.29. The molecule has 0 aromatic carbocycles. The molecule has 2 rings (SSSR count). The predicted molar refractivity (Wildman–Crippen MR) is 65.9 cm³/mol. The van der Waals surface area contributed by atoms with Crippen LogP contribution in [0, 0.1) is 13.8 Å². The Labute approximate surface area is 101 Å². The van der Waals surface area contributed by atoms with Crippen LogP contribution in [-0.4, -0.2) is 19.7 Å². The summed E-state index contributed by atoms with van der Waals surface area (Å²) < 4.78 is 1.79. The molecule has 0 unspecified atom stereocenters. The molecule has 5 heteroatoms. The second-order valence-corrected chi connectivity index (χ2v) is 4.01. The molecule has 0 bridgehead atoms. The lowest BCUT2D eigenvalue weighted by Gasteiger charge is -2.03. The molecule has 0 spiro atoms. The van der Waals surface area contributed by atoms with Crippen molar-refractivity contribution in [3.05, 3.63) is 34.9 Å². The summed E-state index contributed by atoms with van der Waals surface area (Å²) in [6.07, 6.45) is 4.45. The van der Waals surface area contributed by atoms with Gasteiger partial charge in [0.15, 0.2) is 0 Å². The average Bonchev–Trinajstić information content (AvgIpc) is 2.64. The lowest BCUT2D eigenvalue weighted by atomic mass is 10.1. The summed E-state index contributed by atoms with van der Waals surface area (Å²) in [5.74, 6) is 0.600. The molecule has 0 saturated carbocycles. The van der Waals surface area contributed by atoms with Gasteiger partial charge in [-0.1, -0.05) is 6.92 Å². The minimum absolute atomic E-state index is 0.456. The molecule has 17 heavy (non-hydrogen) atoms. The lowest BCUT2D eigenvalue weighted by Crippen LogP contribution is -2.07. The Balaban J connectivity index is 2.45. The minimum Gasteiger partial charge on any atom is -0.326 e. The molecule has 2 heterocycles. The molecular weight excluding hydrogens is 214 g/mol. The Bertz CT molecular complexity index is 512. The van der Waals surface area contributed by atoms with E-state index in [0.717, 1.165) is 23.4 Å². The minimum atomic E-state index is 0.456. The predicted octanol–water partition coefficient (Wildman–Crippen LogP) is 1.30. The average molecular weight is 231 g/mol. The quantitative estimate of drug-likeness (QED) is 0.864. The number of rotatable bonds is 3. The molecule has 2 aromatic heterocycles. The van der Waals surface area contributed by atoms with Crippen molar-refractivity contribution in [1.29, 1.82) is 0 Å². The molecule has 0 amide bonds. The summed E-state index contributed by atoms with van der Waals surface area (Å²) in [6.45, 7) is 6.63. The third kappa shape index (κ3) is 2.06. The first-order valence-electron chi connectivity index (χ1n) is 5.73. The van der Waals surface area contributed by atoms with Gasteiger partial charge in [0.2, 0.25) is 0 Å². The first-order chi connectivity index (χ1) is 8.17. The first kappa shape index (κ1) is 11.7. The molecule has 2 N–H and O–H groups in total. The highest BCUT2D eigenvalue weighted by Crippen LogP contribution is 2.15. The van der Waals surface area contributed by atoms with E-state index < -0.39 is 0 Å². The fourth-order valence-electron chi connectivity index (χ4n) is 1.94. The van der Waals surface area contributed by atoms with Crippen molar-refractivity contribution in [3.8, 4) is 5.95 Å². The van der Waals surface area contributed by atoms with Crippen molar-refractivity contribution in [2.75, 3.05) is 0 Å². The second-order valence-electron chi connectivity index (χ2n) is 4.01. The van der Waals surface area contributed by atoms with Gasteiger partial charge < -0.3 is 5.73 Å². The summed E-state index contributed by atoms with van der Waals surface area (Å²) in [5.41, 5.74) is 9.84. The van der Waals surface area contributed by atoms with Crippen LogP contribution in [0.15, 0.2) is 12.4 Å². The molecule has 0 fully saturated rings. The van der Waals surface area contributed by atoms with Gasteiger partial charge in [0.1, 0.15) is 0 Å². The molecule has 0 aliphatic carbocycles. The van der Waals surface area contributed by atoms with Crippen molar-refractivity contribution < 1.29 is 0 Å². The standard InChI is InChI=1S/C12H17N5/c1-4-11-8(2)16-17(9(11)3)12-14-6-10(5-13)7-15-12/h6-7H,4-5,13H2,1-3H3. The number of hydrogen-bond donors (Lipinski definition) is 1. The van der Waals surface area contributed by atoms with E-state index in [1.54, 1.807) is 17.1 Å². The first-order valence-corrected chi connectivity index (χ1v) is 5.73. The molecule has 5 nitrogen and oxygen atoms in total. The molecule has 0 saturated heterocycles. The highest BCUT2D eigenvalue weighted by Gasteiger charge is 2.12. The van der Waals surface area contributed by atoms with Gasteiger partial charge in [-0.05, 0) is 25.8 Å². The van der Waals surface area contributed by atoms with Crippen LogP contribution in [0.4, 0.5) is 0 Å². The van der Waals surface area contributed by atoms with Gasteiger partial charge in [-0.15, -0.1) is 0 Å². The topological polar surface area (TPSA) is 69.6 Å². The fraction of sp³-hybridized carbons (Fsp3) is 0.417. The zero-order chi connectivity index (χ0) is 12.4. The normalized spacial score (nSPS) is 10.8. The van der Waals surface area contributed by atoms with Gasteiger partial charge in [-0.2, -0.15) is 5.10 Å². The van der Waals surface area contributed by atoms with E-state index >= 15 is 0 Å². The largest absolute Gasteiger partial charge is 0.326 e. The summed E-state index contributed by atoms with van der Waals surface area (Å²) in [7, 11) is 0. The maximum atomic E-state index is 5.52. The van der Waals surface area contributed by atoms with Crippen LogP contribution in [0.25, 0.3) is 5.95 Å². The van der Waals surface area contributed by atoms with Gasteiger partial charge >= 0.3 is 0 Å². The molecule has 0 aliphatic heterocycles. The molecular formula is C12H17N5. The Hall–Kier alpha value is -1.75.